The predicted octanol–water partition coefficient (Wildman–Crippen LogP) is 3.54. The number of anilines is 1. The number of carbonyl (C=O) groups is 1. The molecule has 0 spiro atoms. The van der Waals surface area contributed by atoms with Gasteiger partial charge in [-0.05, 0) is 49.6 Å². The molecule has 2 aromatic rings. The second-order valence-corrected chi connectivity index (χ2v) is 5.51. The predicted molar refractivity (Wildman–Crippen MR) is 83.9 cm³/mol. The van der Waals surface area contributed by atoms with Crippen LogP contribution >= 0.6 is 0 Å². The van der Waals surface area contributed by atoms with Crippen LogP contribution in [-0.4, -0.2) is 5.91 Å². The highest BCUT2D eigenvalue weighted by atomic mass is 16.3. The Hall–Kier alpha value is -2.23. The molecule has 21 heavy (non-hydrogen) atoms. The number of hydrogen-bond donors (Lipinski definition) is 2. The summed E-state index contributed by atoms with van der Waals surface area (Å²) in [5, 5.41) is 2.96. The van der Waals surface area contributed by atoms with Crippen LogP contribution in [0.25, 0.3) is 0 Å². The number of rotatable bonds is 5. The van der Waals surface area contributed by atoms with Crippen LogP contribution in [0.5, 0.6) is 0 Å². The fraction of sp³-hybridized carbons (Fsp3) is 0.353. The highest BCUT2D eigenvalue weighted by molar-refractivity contribution is 5.77. The zero-order chi connectivity index (χ0) is 15.4. The zero-order valence-corrected chi connectivity index (χ0v) is 12.7. The quantitative estimate of drug-likeness (QED) is 0.826. The highest BCUT2D eigenvalue weighted by Gasteiger charge is 2.16. The minimum atomic E-state index is -0.121. The Balaban J connectivity index is 1.90. The first kappa shape index (κ1) is 15.2. The van der Waals surface area contributed by atoms with E-state index in [2.05, 4.69) is 5.32 Å². The number of nitrogens with one attached hydrogen (secondary N) is 1. The summed E-state index contributed by atoms with van der Waals surface area (Å²) in [6.07, 6.45) is 0.438. The number of benzene rings is 1. The maximum absolute atomic E-state index is 12.1. The molecule has 0 saturated heterocycles. The Morgan fingerprint density at radius 3 is 2.43 bits per heavy atom. The van der Waals surface area contributed by atoms with Gasteiger partial charge in [0.1, 0.15) is 11.5 Å². The molecule has 0 aliphatic rings. The molecule has 4 nitrogen and oxygen atoms in total. The fourth-order valence-corrected chi connectivity index (χ4v) is 2.28. The summed E-state index contributed by atoms with van der Waals surface area (Å²) in [5.41, 5.74) is 7.52. The van der Waals surface area contributed by atoms with Crippen LogP contribution in [0, 0.1) is 6.92 Å². The average Bonchev–Trinajstić information content (AvgIpc) is 2.86. The van der Waals surface area contributed by atoms with Gasteiger partial charge in [0.15, 0.2) is 0 Å². The lowest BCUT2D eigenvalue weighted by molar-refractivity contribution is -0.122. The summed E-state index contributed by atoms with van der Waals surface area (Å²) >= 11 is 0. The first-order valence-corrected chi connectivity index (χ1v) is 7.17. The summed E-state index contributed by atoms with van der Waals surface area (Å²) in [6.45, 7) is 5.85. The molecule has 0 aliphatic carbocycles. The molecule has 4 heteroatoms. The molecule has 112 valence electrons. The molecule has 0 saturated carbocycles. The third-order valence-corrected chi connectivity index (χ3v) is 3.56. The van der Waals surface area contributed by atoms with Crippen molar-refractivity contribution in [3.63, 3.8) is 0 Å². The van der Waals surface area contributed by atoms with Gasteiger partial charge < -0.3 is 15.5 Å². The number of aryl methyl sites for hydroxylation is 1. The molecule has 2 unspecified atom stereocenters. The van der Waals surface area contributed by atoms with Crippen molar-refractivity contribution in [2.24, 2.45) is 0 Å². The second-order valence-electron chi connectivity index (χ2n) is 5.51. The lowest BCUT2D eigenvalue weighted by Crippen LogP contribution is -2.27. The van der Waals surface area contributed by atoms with Crippen molar-refractivity contribution in [1.82, 2.24) is 5.32 Å². The van der Waals surface area contributed by atoms with E-state index in [1.54, 1.807) is 0 Å². The number of carbonyl (C=O) groups excluding carboxylic acids is 1. The van der Waals surface area contributed by atoms with Crippen LogP contribution in [0.3, 0.4) is 0 Å². The van der Waals surface area contributed by atoms with Gasteiger partial charge in [-0.2, -0.15) is 0 Å². The van der Waals surface area contributed by atoms with Crippen molar-refractivity contribution in [3.05, 3.63) is 53.5 Å². The highest BCUT2D eigenvalue weighted by Crippen LogP contribution is 2.21. The Bertz CT molecular complexity index is 602. The van der Waals surface area contributed by atoms with Gasteiger partial charge in [-0.15, -0.1) is 0 Å². The van der Waals surface area contributed by atoms with E-state index in [-0.39, 0.29) is 17.9 Å². The largest absolute Gasteiger partial charge is 0.464 e. The van der Waals surface area contributed by atoms with Crippen molar-refractivity contribution in [2.45, 2.75) is 39.2 Å². The maximum atomic E-state index is 12.1. The van der Waals surface area contributed by atoms with Crippen LogP contribution < -0.4 is 11.1 Å². The summed E-state index contributed by atoms with van der Waals surface area (Å²) < 4.78 is 5.52. The van der Waals surface area contributed by atoms with E-state index in [1.165, 1.54) is 0 Å². The third kappa shape index (κ3) is 4.12. The van der Waals surface area contributed by atoms with Crippen LogP contribution in [-0.2, 0) is 4.79 Å². The minimum Gasteiger partial charge on any atom is -0.464 e. The molecule has 1 amide bonds. The van der Waals surface area contributed by atoms with Gasteiger partial charge in [0.25, 0.3) is 0 Å². The van der Waals surface area contributed by atoms with Gasteiger partial charge in [0, 0.05) is 12.1 Å². The van der Waals surface area contributed by atoms with E-state index >= 15 is 0 Å². The number of nitrogen functional groups attached to an aromatic ring is 1. The molecule has 3 N–H and O–H groups in total. The molecule has 1 heterocycles. The molecule has 1 aromatic heterocycles. The molecular formula is C17H22N2O2. The molecule has 0 aliphatic heterocycles. The monoisotopic (exact) mass is 286 g/mol. The molecule has 0 fully saturated rings. The summed E-state index contributed by atoms with van der Waals surface area (Å²) in [6, 6.07) is 11.3. The van der Waals surface area contributed by atoms with Crippen LogP contribution in [0.1, 0.15) is 49.3 Å². The minimum absolute atomic E-state index is 0.0147. The summed E-state index contributed by atoms with van der Waals surface area (Å²) in [4.78, 5) is 12.1. The van der Waals surface area contributed by atoms with E-state index in [1.807, 2.05) is 57.2 Å². The number of furan rings is 1. The van der Waals surface area contributed by atoms with Crippen molar-refractivity contribution < 1.29 is 9.21 Å². The first-order valence-electron chi connectivity index (χ1n) is 7.17. The molecular weight excluding hydrogens is 264 g/mol. The van der Waals surface area contributed by atoms with E-state index in [0.717, 1.165) is 22.8 Å². The van der Waals surface area contributed by atoms with E-state index in [9.17, 15) is 4.79 Å². The smallest absolute Gasteiger partial charge is 0.221 e. The molecule has 2 atom stereocenters. The average molecular weight is 286 g/mol. The second kappa shape index (κ2) is 6.48. The van der Waals surface area contributed by atoms with Crippen molar-refractivity contribution in [2.75, 3.05) is 5.73 Å². The number of hydrogen-bond acceptors (Lipinski definition) is 3. The standard InChI is InChI=1S/C17H22N2O2/c1-11(14-5-7-15(18)8-6-14)10-17(20)19-13(3)16-9-4-12(2)21-16/h4-9,11,13H,10,18H2,1-3H3,(H,19,20). The Kier molecular flexibility index (Phi) is 4.68. The Morgan fingerprint density at radius 1 is 1.19 bits per heavy atom. The van der Waals surface area contributed by atoms with Crippen molar-refractivity contribution >= 4 is 11.6 Å². The van der Waals surface area contributed by atoms with Crippen LogP contribution in [0.2, 0.25) is 0 Å². The normalized spacial score (nSPS) is 13.7. The maximum Gasteiger partial charge on any atom is 0.221 e. The van der Waals surface area contributed by atoms with Gasteiger partial charge in [-0.1, -0.05) is 19.1 Å². The lowest BCUT2D eigenvalue weighted by atomic mass is 9.97. The first-order chi connectivity index (χ1) is 9.95. The van der Waals surface area contributed by atoms with E-state index < -0.39 is 0 Å². The third-order valence-electron chi connectivity index (χ3n) is 3.56. The Labute approximate surface area is 125 Å². The van der Waals surface area contributed by atoms with Gasteiger partial charge in [0.05, 0.1) is 6.04 Å². The topological polar surface area (TPSA) is 68.3 Å². The SMILES string of the molecule is Cc1ccc(C(C)NC(=O)CC(C)c2ccc(N)cc2)o1. The lowest BCUT2D eigenvalue weighted by Gasteiger charge is -2.15. The van der Waals surface area contributed by atoms with Gasteiger partial charge in [0.2, 0.25) is 5.91 Å². The van der Waals surface area contributed by atoms with E-state index in [4.69, 9.17) is 10.2 Å². The van der Waals surface area contributed by atoms with E-state index in [0.29, 0.717) is 6.42 Å². The summed E-state index contributed by atoms with van der Waals surface area (Å²) in [7, 11) is 0. The molecule has 2 rings (SSSR count). The van der Waals surface area contributed by atoms with Crippen molar-refractivity contribution in [3.8, 4) is 0 Å². The van der Waals surface area contributed by atoms with Gasteiger partial charge in [-0.3, -0.25) is 4.79 Å². The number of amides is 1. The van der Waals surface area contributed by atoms with Gasteiger partial charge in [-0.25, -0.2) is 0 Å². The van der Waals surface area contributed by atoms with Crippen molar-refractivity contribution in [1.29, 1.82) is 0 Å². The fourth-order valence-electron chi connectivity index (χ4n) is 2.28. The molecule has 0 radical (unpaired) electrons. The van der Waals surface area contributed by atoms with Crippen LogP contribution in [0.15, 0.2) is 40.8 Å². The van der Waals surface area contributed by atoms with Gasteiger partial charge >= 0.3 is 0 Å². The zero-order valence-electron chi connectivity index (χ0n) is 12.7. The Morgan fingerprint density at radius 2 is 1.86 bits per heavy atom. The number of nitrogens with two attached hydrogens (primary N) is 1. The summed E-state index contributed by atoms with van der Waals surface area (Å²) in [5.74, 6) is 1.79. The van der Waals surface area contributed by atoms with Crippen LogP contribution in [0.4, 0.5) is 5.69 Å². The molecule has 0 bridgehead atoms. The molecule has 1 aromatic carbocycles.